The second-order valence-electron chi connectivity index (χ2n) is 5.62. The van der Waals surface area contributed by atoms with E-state index in [1.54, 1.807) is 17.6 Å². The first kappa shape index (κ1) is 16.7. The van der Waals surface area contributed by atoms with Gasteiger partial charge in [-0.2, -0.15) is 0 Å². The van der Waals surface area contributed by atoms with Gasteiger partial charge in [0.05, 0.1) is 6.04 Å². The number of nitrogens with one attached hydrogen (secondary N) is 2. The van der Waals surface area contributed by atoms with Crippen LogP contribution in [0.2, 0.25) is 0 Å². The fourth-order valence-electron chi connectivity index (χ4n) is 2.36. The van der Waals surface area contributed by atoms with Gasteiger partial charge in [0.1, 0.15) is 0 Å². The van der Waals surface area contributed by atoms with Gasteiger partial charge >= 0.3 is 0 Å². The number of hydroxylamine groups is 1. The number of benzene rings is 2. The summed E-state index contributed by atoms with van der Waals surface area (Å²) in [6.07, 6.45) is 0. The molecule has 0 bridgehead atoms. The molecule has 120 valence electrons. The Balaban J connectivity index is 2.14. The molecule has 0 saturated carbocycles. The summed E-state index contributed by atoms with van der Waals surface area (Å²) in [4.78, 5) is 23.7. The minimum Gasteiger partial charge on any atom is -0.345 e. The van der Waals surface area contributed by atoms with Crippen molar-refractivity contribution >= 4 is 11.8 Å². The highest BCUT2D eigenvalue weighted by atomic mass is 16.5. The van der Waals surface area contributed by atoms with E-state index in [-0.39, 0.29) is 23.4 Å². The molecule has 0 radical (unpaired) electrons. The Hall–Kier alpha value is -2.66. The Morgan fingerprint density at radius 1 is 0.870 bits per heavy atom. The van der Waals surface area contributed by atoms with E-state index in [0.29, 0.717) is 5.56 Å². The molecule has 0 saturated heterocycles. The van der Waals surface area contributed by atoms with Gasteiger partial charge < -0.3 is 5.32 Å². The topological polar surface area (TPSA) is 78.4 Å². The molecule has 5 nitrogen and oxygen atoms in total. The van der Waals surface area contributed by atoms with Crippen LogP contribution in [0.3, 0.4) is 0 Å². The fraction of sp³-hybridized carbons (Fsp3) is 0.222. The fourth-order valence-corrected chi connectivity index (χ4v) is 2.36. The molecule has 5 heteroatoms. The monoisotopic (exact) mass is 312 g/mol. The van der Waals surface area contributed by atoms with E-state index >= 15 is 0 Å². The van der Waals surface area contributed by atoms with Crippen LogP contribution < -0.4 is 10.8 Å². The largest absolute Gasteiger partial charge is 0.345 e. The summed E-state index contributed by atoms with van der Waals surface area (Å²) in [6, 6.07) is 15.8. The highest BCUT2D eigenvalue weighted by molar-refractivity contribution is 5.97. The Kier molecular flexibility index (Phi) is 5.49. The van der Waals surface area contributed by atoms with Crippen LogP contribution in [0.5, 0.6) is 0 Å². The van der Waals surface area contributed by atoms with Gasteiger partial charge in [0.2, 0.25) is 0 Å². The molecule has 0 aliphatic carbocycles. The van der Waals surface area contributed by atoms with E-state index in [2.05, 4.69) is 5.32 Å². The van der Waals surface area contributed by atoms with Crippen LogP contribution >= 0.6 is 0 Å². The van der Waals surface area contributed by atoms with Gasteiger partial charge in [0.15, 0.2) is 0 Å². The highest BCUT2D eigenvalue weighted by Gasteiger charge is 2.19. The van der Waals surface area contributed by atoms with E-state index in [1.165, 1.54) is 12.1 Å². The molecule has 3 N–H and O–H groups in total. The Labute approximate surface area is 135 Å². The summed E-state index contributed by atoms with van der Waals surface area (Å²) in [5.41, 5.74) is 3.35. The predicted molar refractivity (Wildman–Crippen MR) is 87.2 cm³/mol. The maximum absolute atomic E-state index is 12.4. The van der Waals surface area contributed by atoms with E-state index in [0.717, 1.165) is 5.56 Å². The van der Waals surface area contributed by atoms with Crippen molar-refractivity contribution in [1.82, 2.24) is 10.8 Å². The van der Waals surface area contributed by atoms with Gasteiger partial charge in [-0.15, -0.1) is 0 Å². The van der Waals surface area contributed by atoms with Crippen molar-refractivity contribution in [3.63, 3.8) is 0 Å². The minimum absolute atomic E-state index is 0.0934. The normalized spacial score (nSPS) is 11.8. The van der Waals surface area contributed by atoms with Crippen molar-refractivity contribution in [3.05, 3.63) is 71.3 Å². The summed E-state index contributed by atoms with van der Waals surface area (Å²) in [5.74, 6) is -0.578. The molecule has 0 aromatic heterocycles. The quantitative estimate of drug-likeness (QED) is 0.587. The first-order valence-corrected chi connectivity index (χ1v) is 7.43. The second-order valence-corrected chi connectivity index (χ2v) is 5.62. The second kappa shape index (κ2) is 7.56. The van der Waals surface area contributed by atoms with Crippen LogP contribution in [-0.4, -0.2) is 17.0 Å². The van der Waals surface area contributed by atoms with Gasteiger partial charge in [-0.05, 0) is 35.7 Å². The standard InChI is InChI=1S/C18H20N2O3/c1-12(2)16(13-6-4-3-5-7-13)19-17(21)14-8-10-15(11-9-14)18(22)20-23/h3-12,16,23H,1-2H3,(H,19,21)(H,20,22). The average Bonchev–Trinajstić information content (AvgIpc) is 2.59. The number of hydrogen-bond donors (Lipinski definition) is 3. The van der Waals surface area contributed by atoms with Crippen LogP contribution in [-0.2, 0) is 0 Å². The van der Waals surface area contributed by atoms with Crippen molar-refractivity contribution in [2.75, 3.05) is 0 Å². The summed E-state index contributed by atoms with van der Waals surface area (Å²) in [6.45, 7) is 4.10. The molecule has 1 atom stereocenters. The van der Waals surface area contributed by atoms with Crippen molar-refractivity contribution in [2.45, 2.75) is 19.9 Å². The van der Waals surface area contributed by atoms with Crippen LogP contribution in [0, 0.1) is 5.92 Å². The van der Waals surface area contributed by atoms with Crippen molar-refractivity contribution in [2.24, 2.45) is 5.92 Å². The number of rotatable bonds is 5. The number of hydrogen-bond acceptors (Lipinski definition) is 3. The Morgan fingerprint density at radius 2 is 1.39 bits per heavy atom. The van der Waals surface area contributed by atoms with Gasteiger partial charge in [0.25, 0.3) is 11.8 Å². The zero-order valence-corrected chi connectivity index (χ0v) is 13.1. The predicted octanol–water partition coefficient (Wildman–Crippen LogP) is 2.93. The zero-order valence-electron chi connectivity index (χ0n) is 13.1. The lowest BCUT2D eigenvalue weighted by molar-refractivity contribution is 0.0706. The smallest absolute Gasteiger partial charge is 0.274 e. The van der Waals surface area contributed by atoms with Gasteiger partial charge in [-0.25, -0.2) is 5.48 Å². The van der Waals surface area contributed by atoms with Crippen LogP contribution in [0.1, 0.15) is 46.2 Å². The maximum atomic E-state index is 12.4. The van der Waals surface area contributed by atoms with Gasteiger partial charge in [0, 0.05) is 11.1 Å². The highest BCUT2D eigenvalue weighted by Crippen LogP contribution is 2.22. The zero-order chi connectivity index (χ0) is 16.8. The molecule has 2 amide bonds. The van der Waals surface area contributed by atoms with Crippen molar-refractivity contribution in [3.8, 4) is 0 Å². The molecule has 2 aromatic carbocycles. The summed E-state index contributed by atoms with van der Waals surface area (Å²) in [5, 5.41) is 11.6. The molecule has 0 heterocycles. The van der Waals surface area contributed by atoms with Crippen LogP contribution in [0.4, 0.5) is 0 Å². The molecule has 23 heavy (non-hydrogen) atoms. The summed E-state index contributed by atoms with van der Waals surface area (Å²) < 4.78 is 0. The van der Waals surface area contributed by atoms with E-state index < -0.39 is 5.91 Å². The third kappa shape index (κ3) is 4.17. The average molecular weight is 312 g/mol. The lowest BCUT2D eigenvalue weighted by atomic mass is 9.95. The van der Waals surface area contributed by atoms with Crippen molar-refractivity contribution in [1.29, 1.82) is 0 Å². The maximum Gasteiger partial charge on any atom is 0.274 e. The molecule has 2 aromatic rings. The summed E-state index contributed by atoms with van der Waals surface area (Å²) >= 11 is 0. The van der Waals surface area contributed by atoms with Gasteiger partial charge in [-0.3, -0.25) is 14.8 Å². The minimum atomic E-state index is -0.610. The number of carbonyl (C=O) groups is 2. The molecule has 0 spiro atoms. The molecule has 0 aliphatic heterocycles. The van der Waals surface area contributed by atoms with E-state index in [1.807, 2.05) is 44.2 Å². The summed E-state index contributed by atoms with van der Waals surface area (Å²) in [7, 11) is 0. The first-order chi connectivity index (χ1) is 11.0. The Morgan fingerprint density at radius 3 is 1.87 bits per heavy atom. The molecule has 1 unspecified atom stereocenters. The molecular weight excluding hydrogens is 292 g/mol. The number of amides is 2. The lowest BCUT2D eigenvalue weighted by Gasteiger charge is -2.23. The molecule has 2 rings (SSSR count). The third-order valence-electron chi connectivity index (χ3n) is 3.62. The molecule has 0 aliphatic rings. The van der Waals surface area contributed by atoms with Crippen LogP contribution in [0.25, 0.3) is 0 Å². The first-order valence-electron chi connectivity index (χ1n) is 7.43. The molecular formula is C18H20N2O3. The van der Waals surface area contributed by atoms with E-state index in [9.17, 15) is 9.59 Å². The lowest BCUT2D eigenvalue weighted by Crippen LogP contribution is -2.31. The SMILES string of the molecule is CC(C)C(NC(=O)c1ccc(C(=O)NO)cc1)c1ccccc1. The third-order valence-corrected chi connectivity index (χ3v) is 3.62. The van der Waals surface area contributed by atoms with Crippen LogP contribution in [0.15, 0.2) is 54.6 Å². The number of carbonyl (C=O) groups excluding carboxylic acids is 2. The van der Waals surface area contributed by atoms with E-state index in [4.69, 9.17) is 5.21 Å². The van der Waals surface area contributed by atoms with Gasteiger partial charge in [-0.1, -0.05) is 44.2 Å². The van der Waals surface area contributed by atoms with Crippen molar-refractivity contribution < 1.29 is 14.8 Å². The Bertz CT molecular complexity index is 666. The molecule has 0 fully saturated rings.